The van der Waals surface area contributed by atoms with Gasteiger partial charge in [0, 0.05) is 22.7 Å². The van der Waals surface area contributed by atoms with Crippen molar-refractivity contribution in [3.63, 3.8) is 0 Å². The van der Waals surface area contributed by atoms with Crippen LogP contribution in [0.1, 0.15) is 12.5 Å². The smallest absolute Gasteiger partial charge is 0.249 e. The van der Waals surface area contributed by atoms with E-state index in [9.17, 15) is 9.59 Å². The standard InChI is InChI=1S/C21H19ClN4O4/c1-29-14-7-8-15(18(9-14)30-2)23-21(28)17-11-20(27)24-19-10-16(25-26(17)19)12-3-5-13(22)6-4-12/h3-10,17H,11H2,1-2H3,(H,23,28)(H,24,27)/t17-/m1/s1. The summed E-state index contributed by atoms with van der Waals surface area (Å²) in [6, 6.07) is 13.2. The molecule has 1 atom stereocenters. The second-order valence-corrected chi connectivity index (χ2v) is 7.13. The molecule has 0 spiro atoms. The van der Waals surface area contributed by atoms with Gasteiger partial charge in [0.2, 0.25) is 11.8 Å². The van der Waals surface area contributed by atoms with Crippen molar-refractivity contribution in [3.05, 3.63) is 53.6 Å². The summed E-state index contributed by atoms with van der Waals surface area (Å²) in [5.41, 5.74) is 1.93. The van der Waals surface area contributed by atoms with Gasteiger partial charge in [0.05, 0.1) is 32.0 Å². The quantitative estimate of drug-likeness (QED) is 0.648. The zero-order valence-electron chi connectivity index (χ0n) is 16.3. The van der Waals surface area contributed by atoms with Gasteiger partial charge >= 0.3 is 0 Å². The van der Waals surface area contributed by atoms with E-state index in [4.69, 9.17) is 21.1 Å². The van der Waals surface area contributed by atoms with Gasteiger partial charge < -0.3 is 20.1 Å². The molecule has 2 N–H and O–H groups in total. The Bertz CT molecular complexity index is 1110. The Morgan fingerprint density at radius 1 is 1.17 bits per heavy atom. The molecule has 1 aliphatic rings. The van der Waals surface area contributed by atoms with E-state index in [2.05, 4.69) is 15.7 Å². The van der Waals surface area contributed by atoms with Crippen molar-refractivity contribution in [1.29, 1.82) is 0 Å². The van der Waals surface area contributed by atoms with Gasteiger partial charge in [-0.05, 0) is 24.3 Å². The molecule has 154 valence electrons. The third-order valence-corrected chi connectivity index (χ3v) is 5.04. The van der Waals surface area contributed by atoms with E-state index in [0.29, 0.717) is 33.7 Å². The van der Waals surface area contributed by atoms with E-state index >= 15 is 0 Å². The highest BCUT2D eigenvalue weighted by molar-refractivity contribution is 6.30. The van der Waals surface area contributed by atoms with Crippen molar-refractivity contribution in [1.82, 2.24) is 9.78 Å². The van der Waals surface area contributed by atoms with Crippen LogP contribution in [-0.4, -0.2) is 35.8 Å². The second-order valence-electron chi connectivity index (χ2n) is 6.69. The van der Waals surface area contributed by atoms with E-state index in [1.165, 1.54) is 11.8 Å². The number of methoxy groups -OCH3 is 2. The Kier molecular flexibility index (Phi) is 5.33. The first-order valence-corrected chi connectivity index (χ1v) is 9.54. The highest BCUT2D eigenvalue weighted by atomic mass is 35.5. The van der Waals surface area contributed by atoms with Crippen LogP contribution in [0.25, 0.3) is 11.3 Å². The van der Waals surface area contributed by atoms with Crippen LogP contribution in [0.15, 0.2) is 48.5 Å². The number of carbonyl (C=O) groups is 2. The molecule has 1 aliphatic heterocycles. The molecule has 0 fully saturated rings. The summed E-state index contributed by atoms with van der Waals surface area (Å²) >= 11 is 5.95. The zero-order chi connectivity index (χ0) is 21.3. The van der Waals surface area contributed by atoms with E-state index in [1.54, 1.807) is 43.5 Å². The van der Waals surface area contributed by atoms with E-state index in [-0.39, 0.29) is 18.2 Å². The number of hydrogen-bond acceptors (Lipinski definition) is 5. The third kappa shape index (κ3) is 3.81. The van der Waals surface area contributed by atoms with Crippen molar-refractivity contribution >= 4 is 34.9 Å². The molecule has 2 heterocycles. The third-order valence-electron chi connectivity index (χ3n) is 4.79. The summed E-state index contributed by atoms with van der Waals surface area (Å²) in [6.07, 6.45) is -0.0287. The molecular formula is C21H19ClN4O4. The van der Waals surface area contributed by atoms with Crippen LogP contribution >= 0.6 is 11.6 Å². The summed E-state index contributed by atoms with van der Waals surface area (Å²) < 4.78 is 12.0. The minimum atomic E-state index is -0.804. The predicted octanol–water partition coefficient (Wildman–Crippen LogP) is 3.74. The minimum Gasteiger partial charge on any atom is -0.497 e. The molecule has 4 rings (SSSR count). The van der Waals surface area contributed by atoms with Crippen molar-refractivity contribution in [2.75, 3.05) is 24.9 Å². The van der Waals surface area contributed by atoms with Gasteiger partial charge in [0.25, 0.3) is 0 Å². The molecule has 3 aromatic rings. The molecule has 0 radical (unpaired) electrons. The molecule has 1 aromatic heterocycles. The highest BCUT2D eigenvalue weighted by Gasteiger charge is 2.32. The maximum absolute atomic E-state index is 13.0. The van der Waals surface area contributed by atoms with Crippen molar-refractivity contribution < 1.29 is 19.1 Å². The fraction of sp³-hybridized carbons (Fsp3) is 0.190. The Balaban J connectivity index is 1.63. The number of carbonyl (C=O) groups excluding carboxylic acids is 2. The van der Waals surface area contributed by atoms with Crippen LogP contribution in [0.5, 0.6) is 11.5 Å². The molecule has 9 heteroatoms. The number of ether oxygens (including phenoxy) is 2. The lowest BCUT2D eigenvalue weighted by atomic mass is 10.1. The number of nitrogens with one attached hydrogen (secondary N) is 2. The summed E-state index contributed by atoms with van der Waals surface area (Å²) in [4.78, 5) is 25.2. The van der Waals surface area contributed by atoms with E-state index in [0.717, 1.165) is 5.56 Å². The number of hydrogen-bond donors (Lipinski definition) is 2. The largest absolute Gasteiger partial charge is 0.497 e. The van der Waals surface area contributed by atoms with Crippen molar-refractivity contribution in [3.8, 4) is 22.8 Å². The Labute approximate surface area is 177 Å². The van der Waals surface area contributed by atoms with Gasteiger partial charge in [-0.25, -0.2) is 4.68 Å². The molecule has 0 aliphatic carbocycles. The fourth-order valence-corrected chi connectivity index (χ4v) is 3.39. The van der Waals surface area contributed by atoms with Gasteiger partial charge in [-0.2, -0.15) is 5.10 Å². The van der Waals surface area contributed by atoms with Gasteiger partial charge in [-0.15, -0.1) is 0 Å². The average molecular weight is 427 g/mol. The number of rotatable bonds is 5. The minimum absolute atomic E-state index is 0.0287. The molecular weight excluding hydrogens is 408 g/mol. The van der Waals surface area contributed by atoms with E-state index in [1.807, 2.05) is 12.1 Å². The van der Waals surface area contributed by atoms with Crippen LogP contribution in [0.3, 0.4) is 0 Å². The average Bonchev–Trinajstić information content (AvgIpc) is 3.17. The first kappa shape index (κ1) is 19.8. The Hall–Kier alpha value is -3.52. The predicted molar refractivity (Wildman–Crippen MR) is 113 cm³/mol. The molecule has 0 bridgehead atoms. The van der Waals surface area contributed by atoms with Crippen LogP contribution in [0.4, 0.5) is 11.5 Å². The lowest BCUT2D eigenvalue weighted by molar-refractivity contribution is -0.125. The van der Waals surface area contributed by atoms with Crippen LogP contribution in [0, 0.1) is 0 Å². The van der Waals surface area contributed by atoms with E-state index < -0.39 is 6.04 Å². The van der Waals surface area contributed by atoms with Crippen LogP contribution in [-0.2, 0) is 9.59 Å². The van der Waals surface area contributed by atoms with Crippen LogP contribution < -0.4 is 20.1 Å². The maximum atomic E-state index is 13.0. The van der Waals surface area contributed by atoms with Crippen LogP contribution in [0.2, 0.25) is 5.02 Å². The maximum Gasteiger partial charge on any atom is 0.249 e. The number of benzene rings is 2. The first-order valence-electron chi connectivity index (χ1n) is 9.16. The fourth-order valence-electron chi connectivity index (χ4n) is 3.26. The summed E-state index contributed by atoms with van der Waals surface area (Å²) in [5.74, 6) is 0.875. The lowest BCUT2D eigenvalue weighted by Crippen LogP contribution is -2.35. The molecule has 8 nitrogen and oxygen atoms in total. The molecule has 0 unspecified atom stereocenters. The SMILES string of the molecule is COc1ccc(NC(=O)[C@H]2CC(=O)Nc3cc(-c4ccc(Cl)cc4)nn32)c(OC)c1. The zero-order valence-corrected chi connectivity index (χ0v) is 17.1. The summed E-state index contributed by atoms with van der Waals surface area (Å²) in [7, 11) is 3.05. The van der Waals surface area contributed by atoms with Gasteiger partial charge in [-0.3, -0.25) is 9.59 Å². The van der Waals surface area contributed by atoms with Crippen molar-refractivity contribution in [2.24, 2.45) is 0 Å². The molecule has 2 aromatic carbocycles. The van der Waals surface area contributed by atoms with Gasteiger partial charge in [0.1, 0.15) is 23.4 Å². The number of nitrogens with zero attached hydrogens (tertiary/aromatic N) is 2. The number of anilines is 2. The second kappa shape index (κ2) is 8.08. The van der Waals surface area contributed by atoms with Crippen molar-refractivity contribution in [2.45, 2.75) is 12.5 Å². The number of fused-ring (bicyclic) bond motifs is 1. The van der Waals surface area contributed by atoms with Gasteiger partial charge in [-0.1, -0.05) is 23.7 Å². The molecule has 2 amide bonds. The molecule has 30 heavy (non-hydrogen) atoms. The topological polar surface area (TPSA) is 94.5 Å². The lowest BCUT2D eigenvalue weighted by Gasteiger charge is -2.24. The number of halogens is 1. The Morgan fingerprint density at radius 2 is 1.93 bits per heavy atom. The summed E-state index contributed by atoms with van der Waals surface area (Å²) in [6.45, 7) is 0. The highest BCUT2D eigenvalue weighted by Crippen LogP contribution is 2.33. The normalized spacial score (nSPS) is 15.2. The monoisotopic (exact) mass is 426 g/mol. The summed E-state index contributed by atoms with van der Waals surface area (Å²) in [5, 5.41) is 10.7. The molecule has 0 saturated heterocycles. The van der Waals surface area contributed by atoms with Gasteiger partial charge in [0.15, 0.2) is 0 Å². The first-order chi connectivity index (χ1) is 14.5. The number of amides is 2. The number of aromatic nitrogens is 2. The molecule has 0 saturated carbocycles. The Morgan fingerprint density at radius 3 is 2.63 bits per heavy atom.